The molecule has 0 fully saturated rings. The number of hydrogen-bond donors (Lipinski definition) is 4. The van der Waals surface area contributed by atoms with E-state index in [1.165, 1.54) is 6.21 Å². The second-order valence-electron chi connectivity index (χ2n) is 3.43. The molecular formula is C10H13N3O4S2. The Bertz CT molecular complexity index is 599. The van der Waals surface area contributed by atoms with Gasteiger partial charge in [0.2, 0.25) is 0 Å². The van der Waals surface area contributed by atoms with Crippen molar-refractivity contribution >= 4 is 33.7 Å². The number of hydrazone groups is 1. The normalized spacial score (nSPS) is 11.5. The zero-order valence-corrected chi connectivity index (χ0v) is 11.6. The minimum Gasteiger partial charge on any atom is -0.507 e. The fourth-order valence-corrected chi connectivity index (χ4v) is 1.87. The van der Waals surface area contributed by atoms with Crippen molar-refractivity contribution < 1.29 is 18.1 Å². The Kier molecular flexibility index (Phi) is 5.21. The molecule has 0 aliphatic heterocycles. The molecule has 0 spiro atoms. The van der Waals surface area contributed by atoms with Gasteiger partial charge in [0.05, 0.1) is 11.1 Å². The summed E-state index contributed by atoms with van der Waals surface area (Å²) >= 11 is 4.85. The summed E-state index contributed by atoms with van der Waals surface area (Å²) in [4.78, 5) is -0.332. The Hall–Kier alpha value is -1.71. The molecule has 7 nitrogen and oxygen atoms in total. The minimum atomic E-state index is -4.32. The fraction of sp³-hybridized carbons (Fsp3) is 0.200. The molecule has 0 amide bonds. The highest BCUT2D eigenvalue weighted by atomic mass is 32.2. The first-order valence-corrected chi connectivity index (χ1v) is 7.07. The lowest BCUT2D eigenvalue weighted by Gasteiger charge is -2.04. The lowest BCUT2D eigenvalue weighted by atomic mass is 10.2. The summed E-state index contributed by atoms with van der Waals surface area (Å²) in [6.07, 6.45) is 1.19. The first kappa shape index (κ1) is 15.3. The van der Waals surface area contributed by atoms with Gasteiger partial charge in [-0.15, -0.1) is 0 Å². The predicted molar refractivity (Wildman–Crippen MR) is 74.9 cm³/mol. The fourth-order valence-electron chi connectivity index (χ4n) is 1.16. The number of nitrogens with one attached hydrogen (secondary N) is 2. The number of phenolic OH excluding ortho intramolecular Hbond substituents is 1. The van der Waals surface area contributed by atoms with E-state index in [4.69, 9.17) is 16.8 Å². The van der Waals surface area contributed by atoms with Crippen molar-refractivity contribution in [3.05, 3.63) is 23.8 Å². The molecule has 0 atom stereocenters. The van der Waals surface area contributed by atoms with Crippen LogP contribution >= 0.6 is 12.2 Å². The van der Waals surface area contributed by atoms with Crippen LogP contribution in [0.25, 0.3) is 0 Å². The third kappa shape index (κ3) is 4.81. The average molecular weight is 303 g/mol. The van der Waals surface area contributed by atoms with Gasteiger partial charge in [0.25, 0.3) is 10.1 Å². The Labute approximate surface area is 116 Å². The summed E-state index contributed by atoms with van der Waals surface area (Å²) in [5.74, 6) is -0.174. The molecule has 1 aromatic rings. The summed E-state index contributed by atoms with van der Waals surface area (Å²) in [6, 6.07) is 3.32. The van der Waals surface area contributed by atoms with E-state index < -0.39 is 10.1 Å². The van der Waals surface area contributed by atoms with Crippen molar-refractivity contribution in [2.45, 2.75) is 11.8 Å². The number of hydrogen-bond acceptors (Lipinski definition) is 5. The molecule has 104 valence electrons. The molecule has 0 aliphatic rings. The number of benzene rings is 1. The molecule has 0 saturated heterocycles. The van der Waals surface area contributed by atoms with Crippen LogP contribution in [0.1, 0.15) is 12.5 Å². The largest absolute Gasteiger partial charge is 0.507 e. The van der Waals surface area contributed by atoms with Gasteiger partial charge >= 0.3 is 0 Å². The zero-order valence-electron chi connectivity index (χ0n) is 9.99. The van der Waals surface area contributed by atoms with E-state index in [1.54, 1.807) is 0 Å². The topological polar surface area (TPSA) is 111 Å². The molecule has 0 saturated carbocycles. The van der Waals surface area contributed by atoms with Crippen molar-refractivity contribution in [3.63, 3.8) is 0 Å². The predicted octanol–water partition coefficient (Wildman–Crippen LogP) is 0.457. The molecule has 4 N–H and O–H groups in total. The van der Waals surface area contributed by atoms with Crippen LogP contribution in [0.3, 0.4) is 0 Å². The molecule has 0 radical (unpaired) electrons. The van der Waals surface area contributed by atoms with Crippen molar-refractivity contribution in [2.75, 3.05) is 6.54 Å². The van der Waals surface area contributed by atoms with Crippen LogP contribution in [0.2, 0.25) is 0 Å². The van der Waals surface area contributed by atoms with Gasteiger partial charge in [-0.2, -0.15) is 13.5 Å². The lowest BCUT2D eigenvalue weighted by molar-refractivity contribution is 0.472. The minimum absolute atomic E-state index is 0.127. The van der Waals surface area contributed by atoms with E-state index in [9.17, 15) is 13.5 Å². The molecule has 0 aliphatic carbocycles. The van der Waals surface area contributed by atoms with Crippen LogP contribution in [-0.4, -0.2) is 35.9 Å². The smallest absolute Gasteiger partial charge is 0.294 e. The van der Waals surface area contributed by atoms with Gasteiger partial charge in [0.1, 0.15) is 5.75 Å². The van der Waals surface area contributed by atoms with Gasteiger partial charge in [0.15, 0.2) is 5.11 Å². The number of aromatic hydroxyl groups is 1. The third-order valence-electron chi connectivity index (χ3n) is 2.00. The summed E-state index contributed by atoms with van der Waals surface area (Å²) in [6.45, 7) is 2.49. The van der Waals surface area contributed by atoms with Crippen molar-refractivity contribution in [2.24, 2.45) is 5.10 Å². The Morgan fingerprint density at radius 1 is 1.53 bits per heavy atom. The molecule has 1 aromatic carbocycles. The molecule has 0 bridgehead atoms. The van der Waals surface area contributed by atoms with E-state index in [0.29, 0.717) is 11.7 Å². The molecule has 0 aromatic heterocycles. The van der Waals surface area contributed by atoms with Gasteiger partial charge < -0.3 is 10.4 Å². The molecule has 0 heterocycles. The second-order valence-corrected chi connectivity index (χ2v) is 5.25. The van der Waals surface area contributed by atoms with Gasteiger partial charge in [-0.05, 0) is 37.3 Å². The highest BCUT2D eigenvalue weighted by Gasteiger charge is 2.11. The van der Waals surface area contributed by atoms with E-state index in [1.807, 2.05) is 6.92 Å². The van der Waals surface area contributed by atoms with E-state index in [2.05, 4.69) is 15.8 Å². The maximum Gasteiger partial charge on any atom is 0.294 e. The second kappa shape index (κ2) is 6.45. The van der Waals surface area contributed by atoms with E-state index in [-0.39, 0.29) is 16.2 Å². The Morgan fingerprint density at radius 3 is 2.79 bits per heavy atom. The highest BCUT2D eigenvalue weighted by molar-refractivity contribution is 7.85. The van der Waals surface area contributed by atoms with Gasteiger partial charge in [0, 0.05) is 12.1 Å². The first-order valence-electron chi connectivity index (χ1n) is 5.22. The van der Waals surface area contributed by atoms with Crippen LogP contribution in [0.15, 0.2) is 28.2 Å². The number of rotatable bonds is 4. The summed E-state index contributed by atoms with van der Waals surface area (Å²) < 4.78 is 30.8. The quantitative estimate of drug-likeness (QED) is 0.277. The van der Waals surface area contributed by atoms with Crippen LogP contribution in [0.4, 0.5) is 0 Å². The van der Waals surface area contributed by atoms with Crippen molar-refractivity contribution in [1.82, 2.24) is 10.7 Å². The molecular weight excluding hydrogens is 290 g/mol. The number of nitrogens with zero attached hydrogens (tertiary/aromatic N) is 1. The molecule has 9 heteroatoms. The van der Waals surface area contributed by atoms with E-state index in [0.717, 1.165) is 18.2 Å². The van der Waals surface area contributed by atoms with Crippen molar-refractivity contribution in [3.8, 4) is 5.75 Å². The lowest BCUT2D eigenvalue weighted by Crippen LogP contribution is -2.31. The Morgan fingerprint density at radius 2 is 2.21 bits per heavy atom. The van der Waals surface area contributed by atoms with E-state index >= 15 is 0 Å². The summed E-state index contributed by atoms with van der Waals surface area (Å²) in [5, 5.41) is 16.3. The monoisotopic (exact) mass is 303 g/mol. The average Bonchev–Trinajstić information content (AvgIpc) is 2.30. The van der Waals surface area contributed by atoms with Crippen molar-refractivity contribution in [1.29, 1.82) is 0 Å². The highest BCUT2D eigenvalue weighted by Crippen LogP contribution is 2.19. The van der Waals surface area contributed by atoms with Crippen LogP contribution in [0, 0.1) is 0 Å². The van der Waals surface area contributed by atoms with Crippen LogP contribution in [-0.2, 0) is 10.1 Å². The number of phenols is 1. The SMILES string of the molecule is CCNC(=S)N/N=C\c1cc(S(=O)(=O)O)ccc1O. The molecule has 0 unspecified atom stereocenters. The summed E-state index contributed by atoms with van der Waals surface area (Å²) in [7, 11) is -4.32. The number of thiocarbonyl (C=S) groups is 1. The maximum atomic E-state index is 10.9. The van der Waals surface area contributed by atoms with Gasteiger partial charge in [-0.3, -0.25) is 9.98 Å². The zero-order chi connectivity index (χ0) is 14.5. The molecule has 1 rings (SSSR count). The maximum absolute atomic E-state index is 10.9. The van der Waals surface area contributed by atoms with Crippen LogP contribution < -0.4 is 10.7 Å². The molecule has 19 heavy (non-hydrogen) atoms. The standard InChI is InChI=1S/C10H13N3O4S2/c1-2-11-10(18)13-12-6-7-5-8(19(15,16)17)3-4-9(7)14/h3-6,14H,2H2,1H3,(H2,11,13,18)(H,15,16,17)/b12-6-. The summed E-state index contributed by atoms with van der Waals surface area (Å²) in [5.41, 5.74) is 2.61. The third-order valence-corrected chi connectivity index (χ3v) is 3.09. The van der Waals surface area contributed by atoms with Crippen LogP contribution in [0.5, 0.6) is 5.75 Å². The Balaban J connectivity index is 2.89. The van der Waals surface area contributed by atoms with Gasteiger partial charge in [-0.25, -0.2) is 0 Å². The van der Waals surface area contributed by atoms with Gasteiger partial charge in [-0.1, -0.05) is 0 Å². The first-order chi connectivity index (χ1) is 8.84.